The monoisotopic (exact) mass is 471 g/mol. The quantitative estimate of drug-likeness (QED) is 0.505. The molecule has 9 nitrogen and oxygen atoms in total. The average Bonchev–Trinajstić information content (AvgIpc) is 3.13. The molecule has 0 saturated carbocycles. The minimum atomic E-state index is -0.676. The first kappa shape index (κ1) is 22.5. The molecule has 1 fully saturated rings. The Bertz CT molecular complexity index is 1380. The van der Waals surface area contributed by atoms with Crippen molar-refractivity contribution >= 4 is 40.3 Å². The van der Waals surface area contributed by atoms with Crippen LogP contribution in [0, 0.1) is 0 Å². The van der Waals surface area contributed by atoms with E-state index >= 15 is 0 Å². The number of aromatic nitrogens is 1. The number of nitrogens with one attached hydrogen (secondary N) is 3. The first-order chi connectivity index (χ1) is 16.7. The van der Waals surface area contributed by atoms with E-state index in [-0.39, 0.29) is 30.8 Å². The van der Waals surface area contributed by atoms with Gasteiger partial charge >= 0.3 is 6.03 Å². The fraction of sp³-hybridized carbons (Fsp3) is 0.269. The molecule has 0 radical (unpaired) electrons. The molecular formula is C26H25N5O4. The zero-order valence-electron chi connectivity index (χ0n) is 19.4. The molecule has 178 valence electrons. The molecule has 35 heavy (non-hydrogen) atoms. The summed E-state index contributed by atoms with van der Waals surface area (Å²) in [5, 5.41) is 9.15. The van der Waals surface area contributed by atoms with Crippen molar-refractivity contribution in [3.8, 4) is 0 Å². The Balaban J connectivity index is 1.27. The Morgan fingerprint density at radius 2 is 1.94 bits per heavy atom. The molecule has 1 aromatic heterocycles. The molecule has 9 heteroatoms. The smallest absolute Gasteiger partial charge is 0.319 e. The van der Waals surface area contributed by atoms with Crippen LogP contribution in [0.15, 0.2) is 54.7 Å². The third kappa shape index (κ3) is 4.32. The van der Waals surface area contributed by atoms with Crippen molar-refractivity contribution in [3.63, 3.8) is 0 Å². The zero-order chi connectivity index (χ0) is 24.7. The molecule has 0 bridgehead atoms. The first-order valence-electron chi connectivity index (χ1n) is 11.4. The lowest BCUT2D eigenvalue weighted by Crippen LogP contribution is -2.52. The van der Waals surface area contributed by atoms with Crippen molar-refractivity contribution in [1.82, 2.24) is 20.5 Å². The van der Waals surface area contributed by atoms with E-state index in [2.05, 4.69) is 20.9 Å². The van der Waals surface area contributed by atoms with Gasteiger partial charge in [-0.25, -0.2) is 4.79 Å². The number of piperidine rings is 1. The molecule has 0 aliphatic carbocycles. The summed E-state index contributed by atoms with van der Waals surface area (Å²) in [6, 6.07) is 13.8. The Kier molecular flexibility index (Phi) is 5.47. The number of pyridine rings is 1. The molecule has 5 amide bonds. The maximum atomic E-state index is 12.9. The van der Waals surface area contributed by atoms with Crippen LogP contribution in [0.3, 0.4) is 0 Å². The average molecular weight is 472 g/mol. The summed E-state index contributed by atoms with van der Waals surface area (Å²) in [5.74, 6) is -1.03. The molecule has 3 heterocycles. The third-order valence-corrected chi connectivity index (χ3v) is 6.54. The second-order valence-corrected chi connectivity index (χ2v) is 9.39. The highest BCUT2D eigenvalue weighted by atomic mass is 16.2. The van der Waals surface area contributed by atoms with Crippen LogP contribution in [0.1, 0.15) is 48.2 Å². The minimum Gasteiger partial charge on any atom is -0.329 e. The summed E-state index contributed by atoms with van der Waals surface area (Å²) >= 11 is 0. The largest absolute Gasteiger partial charge is 0.329 e. The van der Waals surface area contributed by atoms with Crippen LogP contribution in [-0.2, 0) is 21.7 Å². The topological polar surface area (TPSA) is 120 Å². The molecule has 3 aromatic rings. The second-order valence-electron chi connectivity index (χ2n) is 9.39. The molecule has 5 rings (SSSR count). The van der Waals surface area contributed by atoms with Crippen molar-refractivity contribution < 1.29 is 19.2 Å². The summed E-state index contributed by atoms with van der Waals surface area (Å²) in [4.78, 5) is 55.2. The van der Waals surface area contributed by atoms with Gasteiger partial charge in [-0.15, -0.1) is 0 Å². The number of nitrogens with zero attached hydrogens (tertiary/aromatic N) is 2. The standard InChI is InChI=1S/C26H25N5O4/c1-26(2,17-6-5-15-4-3-11-27-20(15)13-17)30-25(35)28-18-7-8-19-16(12-18)14-31(24(19)34)21-9-10-22(32)29-23(21)33/h3-8,11-13,21H,9-10,14H2,1-2H3,(H2,28,30,35)(H,29,32,33). The molecule has 1 atom stereocenters. The van der Waals surface area contributed by atoms with Crippen molar-refractivity contribution in [1.29, 1.82) is 0 Å². The summed E-state index contributed by atoms with van der Waals surface area (Å²) in [5.41, 5.74) is 2.85. The predicted octanol–water partition coefficient (Wildman–Crippen LogP) is 3.05. The van der Waals surface area contributed by atoms with Gasteiger partial charge in [-0.2, -0.15) is 0 Å². The lowest BCUT2D eigenvalue weighted by molar-refractivity contribution is -0.136. The van der Waals surface area contributed by atoms with Crippen LogP contribution in [0.2, 0.25) is 0 Å². The van der Waals surface area contributed by atoms with Crippen LogP contribution >= 0.6 is 0 Å². The highest BCUT2D eigenvalue weighted by molar-refractivity contribution is 6.05. The number of benzene rings is 2. The van der Waals surface area contributed by atoms with Gasteiger partial charge < -0.3 is 15.5 Å². The van der Waals surface area contributed by atoms with Crippen LogP contribution < -0.4 is 16.0 Å². The Hall–Kier alpha value is -4.27. The molecular weight excluding hydrogens is 446 g/mol. The number of carbonyl (C=O) groups excluding carboxylic acids is 4. The van der Waals surface area contributed by atoms with Gasteiger partial charge in [0, 0.05) is 35.8 Å². The normalized spacial score (nSPS) is 17.8. The summed E-state index contributed by atoms with van der Waals surface area (Å²) in [7, 11) is 0. The number of imide groups is 1. The van der Waals surface area contributed by atoms with Crippen LogP contribution in [0.25, 0.3) is 10.9 Å². The fourth-order valence-electron chi connectivity index (χ4n) is 4.63. The number of rotatable bonds is 4. The van der Waals surface area contributed by atoms with Gasteiger partial charge in [-0.3, -0.25) is 24.7 Å². The van der Waals surface area contributed by atoms with E-state index in [1.807, 2.05) is 44.2 Å². The Labute approximate surface area is 201 Å². The van der Waals surface area contributed by atoms with Gasteiger partial charge in [0.1, 0.15) is 6.04 Å². The lowest BCUT2D eigenvalue weighted by atomic mass is 9.93. The number of amides is 5. The maximum Gasteiger partial charge on any atom is 0.319 e. The van der Waals surface area contributed by atoms with E-state index in [1.165, 1.54) is 4.90 Å². The number of hydrogen-bond donors (Lipinski definition) is 3. The van der Waals surface area contributed by atoms with Gasteiger partial charge in [-0.1, -0.05) is 18.2 Å². The summed E-state index contributed by atoms with van der Waals surface area (Å²) in [6.07, 6.45) is 2.24. The Morgan fingerprint density at radius 1 is 1.11 bits per heavy atom. The number of hydrogen-bond acceptors (Lipinski definition) is 5. The van der Waals surface area contributed by atoms with E-state index in [0.717, 1.165) is 22.0 Å². The van der Waals surface area contributed by atoms with Gasteiger partial charge in [0.15, 0.2) is 0 Å². The molecule has 1 unspecified atom stereocenters. The summed E-state index contributed by atoms with van der Waals surface area (Å²) in [6.45, 7) is 4.07. The number of urea groups is 1. The number of carbonyl (C=O) groups is 4. The maximum absolute atomic E-state index is 12.9. The second kappa shape index (κ2) is 8.50. The van der Waals surface area contributed by atoms with Gasteiger partial charge in [0.05, 0.1) is 11.1 Å². The molecule has 2 aliphatic heterocycles. The lowest BCUT2D eigenvalue weighted by Gasteiger charge is -2.29. The number of fused-ring (bicyclic) bond motifs is 2. The third-order valence-electron chi connectivity index (χ3n) is 6.54. The summed E-state index contributed by atoms with van der Waals surface area (Å²) < 4.78 is 0. The van der Waals surface area contributed by atoms with Crippen molar-refractivity contribution in [2.75, 3.05) is 5.32 Å². The van der Waals surface area contributed by atoms with E-state index in [9.17, 15) is 19.2 Å². The molecule has 2 aromatic carbocycles. The first-order valence-corrected chi connectivity index (χ1v) is 11.4. The molecule has 1 saturated heterocycles. The van der Waals surface area contributed by atoms with E-state index in [1.54, 1.807) is 24.4 Å². The van der Waals surface area contributed by atoms with Crippen molar-refractivity contribution in [2.24, 2.45) is 0 Å². The highest BCUT2D eigenvalue weighted by Crippen LogP contribution is 2.30. The predicted molar refractivity (Wildman–Crippen MR) is 129 cm³/mol. The van der Waals surface area contributed by atoms with Crippen molar-refractivity contribution in [3.05, 3.63) is 71.4 Å². The Morgan fingerprint density at radius 3 is 2.74 bits per heavy atom. The molecule has 0 spiro atoms. The van der Waals surface area contributed by atoms with Crippen LogP contribution in [0.5, 0.6) is 0 Å². The molecule has 3 N–H and O–H groups in total. The SMILES string of the molecule is CC(C)(NC(=O)Nc1ccc2c(c1)CN(C1CCC(=O)NC1=O)C2=O)c1ccc2cccnc2c1. The zero-order valence-corrected chi connectivity index (χ0v) is 19.4. The van der Waals surface area contributed by atoms with Crippen LogP contribution in [-0.4, -0.2) is 39.7 Å². The number of anilines is 1. The van der Waals surface area contributed by atoms with Crippen LogP contribution in [0.4, 0.5) is 10.5 Å². The fourth-order valence-corrected chi connectivity index (χ4v) is 4.63. The van der Waals surface area contributed by atoms with Gasteiger partial charge in [-0.05, 0) is 61.7 Å². The van der Waals surface area contributed by atoms with Crippen molar-refractivity contribution in [2.45, 2.75) is 44.8 Å². The van der Waals surface area contributed by atoms with E-state index in [4.69, 9.17) is 0 Å². The molecule has 2 aliphatic rings. The minimum absolute atomic E-state index is 0.201. The van der Waals surface area contributed by atoms with Gasteiger partial charge in [0.25, 0.3) is 5.91 Å². The highest BCUT2D eigenvalue weighted by Gasteiger charge is 2.39. The van der Waals surface area contributed by atoms with Gasteiger partial charge in [0.2, 0.25) is 11.8 Å². The van der Waals surface area contributed by atoms with E-state index < -0.39 is 17.5 Å². The van der Waals surface area contributed by atoms with E-state index in [0.29, 0.717) is 17.7 Å².